The van der Waals surface area contributed by atoms with Crippen LogP contribution in [0.1, 0.15) is 25.8 Å². The first-order valence-corrected chi connectivity index (χ1v) is 6.01. The number of nitriles is 1. The Labute approximate surface area is 104 Å². The zero-order valence-corrected chi connectivity index (χ0v) is 10.9. The number of nitrogen functional groups attached to an aromatic ring is 1. The molecule has 0 saturated carbocycles. The standard InChI is InChI=1S/C14H21N3/c1-11(2)7-9-17(3)13-4-5-14(16)12(10-13)6-8-15/h4-5,10-11H,6-7,9,16H2,1-3H3. The molecule has 0 spiro atoms. The molecule has 0 saturated heterocycles. The van der Waals surface area contributed by atoms with Crippen LogP contribution < -0.4 is 10.6 Å². The average molecular weight is 231 g/mol. The third-order valence-electron chi connectivity index (χ3n) is 2.88. The van der Waals surface area contributed by atoms with Gasteiger partial charge in [-0.25, -0.2) is 0 Å². The Morgan fingerprint density at radius 3 is 2.71 bits per heavy atom. The van der Waals surface area contributed by atoms with Gasteiger partial charge in [-0.05, 0) is 36.1 Å². The number of nitrogens with two attached hydrogens (primary N) is 1. The van der Waals surface area contributed by atoms with Gasteiger partial charge in [0.1, 0.15) is 0 Å². The summed E-state index contributed by atoms with van der Waals surface area (Å²) in [6.07, 6.45) is 1.53. The number of nitrogens with zero attached hydrogens (tertiary/aromatic N) is 2. The molecule has 0 heterocycles. The molecule has 17 heavy (non-hydrogen) atoms. The minimum absolute atomic E-state index is 0.373. The van der Waals surface area contributed by atoms with Crippen molar-refractivity contribution in [2.24, 2.45) is 5.92 Å². The van der Waals surface area contributed by atoms with Crippen LogP contribution in [0, 0.1) is 17.2 Å². The predicted octanol–water partition coefficient (Wildman–Crippen LogP) is 2.82. The summed E-state index contributed by atoms with van der Waals surface area (Å²) in [5.74, 6) is 0.699. The van der Waals surface area contributed by atoms with E-state index in [1.165, 1.54) is 0 Å². The zero-order chi connectivity index (χ0) is 12.8. The van der Waals surface area contributed by atoms with Crippen molar-refractivity contribution in [3.8, 4) is 6.07 Å². The molecule has 0 aliphatic rings. The lowest BCUT2D eigenvalue weighted by Crippen LogP contribution is -2.20. The van der Waals surface area contributed by atoms with E-state index in [9.17, 15) is 0 Å². The van der Waals surface area contributed by atoms with Crippen molar-refractivity contribution in [1.29, 1.82) is 5.26 Å². The van der Waals surface area contributed by atoms with Gasteiger partial charge in [-0.15, -0.1) is 0 Å². The van der Waals surface area contributed by atoms with E-state index in [-0.39, 0.29) is 0 Å². The number of hydrogen-bond acceptors (Lipinski definition) is 3. The quantitative estimate of drug-likeness (QED) is 0.793. The molecule has 0 fully saturated rings. The topological polar surface area (TPSA) is 53.0 Å². The maximum atomic E-state index is 8.73. The maximum absolute atomic E-state index is 8.73. The molecular weight excluding hydrogens is 210 g/mol. The summed E-state index contributed by atoms with van der Waals surface area (Å²) in [4.78, 5) is 2.21. The highest BCUT2D eigenvalue weighted by Gasteiger charge is 2.05. The van der Waals surface area contributed by atoms with Gasteiger partial charge in [0.15, 0.2) is 0 Å². The van der Waals surface area contributed by atoms with Gasteiger partial charge in [-0.2, -0.15) is 5.26 Å². The van der Waals surface area contributed by atoms with Gasteiger partial charge in [-0.1, -0.05) is 13.8 Å². The summed E-state index contributed by atoms with van der Waals surface area (Å²) in [6.45, 7) is 5.46. The minimum atomic E-state index is 0.373. The molecule has 1 aromatic rings. The van der Waals surface area contributed by atoms with E-state index in [4.69, 9.17) is 11.0 Å². The Bertz CT molecular complexity index is 404. The van der Waals surface area contributed by atoms with Crippen LogP contribution in [0.25, 0.3) is 0 Å². The monoisotopic (exact) mass is 231 g/mol. The summed E-state index contributed by atoms with van der Waals surface area (Å²) in [5.41, 5.74) is 8.58. The molecule has 3 nitrogen and oxygen atoms in total. The number of anilines is 2. The molecule has 0 aromatic heterocycles. The van der Waals surface area contributed by atoms with Crippen molar-refractivity contribution >= 4 is 11.4 Å². The number of rotatable bonds is 5. The zero-order valence-electron chi connectivity index (χ0n) is 10.9. The van der Waals surface area contributed by atoms with Crippen LogP contribution in [0.2, 0.25) is 0 Å². The normalized spacial score (nSPS) is 10.3. The molecule has 2 N–H and O–H groups in total. The lowest BCUT2D eigenvalue weighted by Gasteiger charge is -2.21. The van der Waals surface area contributed by atoms with Crippen LogP contribution in [-0.2, 0) is 6.42 Å². The van der Waals surface area contributed by atoms with Crippen LogP contribution in [0.5, 0.6) is 0 Å². The summed E-state index contributed by atoms with van der Waals surface area (Å²) in [6, 6.07) is 8.05. The second-order valence-electron chi connectivity index (χ2n) is 4.82. The lowest BCUT2D eigenvalue weighted by molar-refractivity contribution is 0.585. The molecule has 1 rings (SSSR count). The average Bonchev–Trinajstić information content (AvgIpc) is 2.29. The second-order valence-corrected chi connectivity index (χ2v) is 4.82. The molecule has 0 atom stereocenters. The first-order chi connectivity index (χ1) is 8.04. The van der Waals surface area contributed by atoms with Gasteiger partial charge in [0.25, 0.3) is 0 Å². The Balaban J connectivity index is 2.77. The maximum Gasteiger partial charge on any atom is 0.0670 e. The van der Waals surface area contributed by atoms with Crippen molar-refractivity contribution in [3.63, 3.8) is 0 Å². The summed E-state index contributed by atoms with van der Waals surface area (Å²) in [5, 5.41) is 8.73. The highest BCUT2D eigenvalue weighted by Crippen LogP contribution is 2.21. The van der Waals surface area contributed by atoms with Crippen molar-refractivity contribution in [1.82, 2.24) is 0 Å². The first-order valence-electron chi connectivity index (χ1n) is 6.01. The molecule has 0 bridgehead atoms. The molecule has 0 aliphatic carbocycles. The molecule has 3 heteroatoms. The molecular formula is C14H21N3. The number of hydrogen-bond donors (Lipinski definition) is 1. The van der Waals surface area contributed by atoms with Gasteiger partial charge in [0.2, 0.25) is 0 Å². The Morgan fingerprint density at radius 2 is 2.12 bits per heavy atom. The van der Waals surface area contributed by atoms with Gasteiger partial charge < -0.3 is 10.6 Å². The van der Waals surface area contributed by atoms with E-state index in [1.54, 1.807) is 0 Å². The lowest BCUT2D eigenvalue weighted by atomic mass is 10.1. The predicted molar refractivity (Wildman–Crippen MR) is 72.9 cm³/mol. The van der Waals surface area contributed by atoms with E-state index >= 15 is 0 Å². The van der Waals surface area contributed by atoms with Crippen molar-refractivity contribution in [2.75, 3.05) is 24.2 Å². The smallest absolute Gasteiger partial charge is 0.0670 e. The fraction of sp³-hybridized carbons (Fsp3) is 0.500. The first kappa shape index (κ1) is 13.4. The van der Waals surface area contributed by atoms with Crippen molar-refractivity contribution in [3.05, 3.63) is 23.8 Å². The van der Waals surface area contributed by atoms with Crippen LogP contribution in [0.3, 0.4) is 0 Å². The van der Waals surface area contributed by atoms with E-state index in [2.05, 4.69) is 31.9 Å². The third-order valence-corrected chi connectivity index (χ3v) is 2.88. The van der Waals surface area contributed by atoms with Crippen molar-refractivity contribution in [2.45, 2.75) is 26.7 Å². The van der Waals surface area contributed by atoms with E-state index in [0.29, 0.717) is 18.0 Å². The second kappa shape index (κ2) is 6.15. The number of benzene rings is 1. The molecule has 0 radical (unpaired) electrons. The molecule has 1 aromatic carbocycles. The van der Waals surface area contributed by atoms with E-state index in [1.807, 2.05) is 18.2 Å². The Morgan fingerprint density at radius 1 is 1.41 bits per heavy atom. The Kier molecular flexibility index (Phi) is 4.84. The van der Waals surface area contributed by atoms with Gasteiger partial charge >= 0.3 is 0 Å². The summed E-state index contributed by atoms with van der Waals surface area (Å²) < 4.78 is 0. The fourth-order valence-corrected chi connectivity index (χ4v) is 1.65. The highest BCUT2D eigenvalue weighted by molar-refractivity contribution is 5.58. The van der Waals surface area contributed by atoms with Crippen LogP contribution in [0.15, 0.2) is 18.2 Å². The summed E-state index contributed by atoms with van der Waals surface area (Å²) in [7, 11) is 2.07. The Hall–Kier alpha value is -1.69. The van der Waals surface area contributed by atoms with Gasteiger partial charge in [0, 0.05) is 25.0 Å². The summed E-state index contributed by atoms with van der Waals surface area (Å²) >= 11 is 0. The molecule has 0 aliphatic heterocycles. The highest BCUT2D eigenvalue weighted by atomic mass is 15.1. The molecule has 92 valence electrons. The van der Waals surface area contributed by atoms with Gasteiger partial charge in [0.05, 0.1) is 12.5 Å². The molecule has 0 unspecified atom stereocenters. The van der Waals surface area contributed by atoms with Crippen molar-refractivity contribution < 1.29 is 0 Å². The minimum Gasteiger partial charge on any atom is -0.398 e. The largest absolute Gasteiger partial charge is 0.398 e. The van der Waals surface area contributed by atoms with Crippen LogP contribution in [0.4, 0.5) is 11.4 Å². The van der Waals surface area contributed by atoms with Crippen LogP contribution >= 0.6 is 0 Å². The van der Waals surface area contributed by atoms with Crippen LogP contribution in [-0.4, -0.2) is 13.6 Å². The van der Waals surface area contributed by atoms with E-state index in [0.717, 1.165) is 24.2 Å². The van der Waals surface area contributed by atoms with E-state index < -0.39 is 0 Å². The third kappa shape index (κ3) is 3.99. The van der Waals surface area contributed by atoms with Gasteiger partial charge in [-0.3, -0.25) is 0 Å². The molecule has 0 amide bonds. The SMILES string of the molecule is CC(C)CCN(C)c1ccc(N)c(CC#N)c1. The fourth-order valence-electron chi connectivity index (χ4n) is 1.65.